The molecule has 0 spiro atoms. The van der Waals surface area contributed by atoms with Gasteiger partial charge in [-0.2, -0.15) is 0 Å². The summed E-state index contributed by atoms with van der Waals surface area (Å²) in [6, 6.07) is 8.65. The predicted molar refractivity (Wildman–Crippen MR) is 88.4 cm³/mol. The maximum Gasteiger partial charge on any atom is 0.0720 e. The summed E-state index contributed by atoms with van der Waals surface area (Å²) in [6.07, 6.45) is 2.91. The Morgan fingerprint density at radius 1 is 0.857 bits per heavy atom. The molecule has 1 rings (SSSR count). The van der Waals surface area contributed by atoms with Crippen LogP contribution in [-0.4, -0.2) is 25.4 Å². The van der Waals surface area contributed by atoms with Gasteiger partial charge in [-0.1, -0.05) is 24.3 Å². The minimum atomic E-state index is 0.283. The number of nitrogens with one attached hydrogen (secondary N) is 1. The van der Waals surface area contributed by atoms with Crippen LogP contribution in [0.25, 0.3) is 0 Å². The van der Waals surface area contributed by atoms with Gasteiger partial charge in [0.25, 0.3) is 0 Å². The lowest BCUT2D eigenvalue weighted by atomic mass is 10.1. The average molecular weight is 293 g/mol. The average Bonchev–Trinajstić information content (AvgIpc) is 2.45. The van der Waals surface area contributed by atoms with Crippen molar-refractivity contribution in [2.24, 2.45) is 0 Å². The maximum absolute atomic E-state index is 5.59. The highest BCUT2D eigenvalue weighted by atomic mass is 16.5. The molecule has 0 atom stereocenters. The monoisotopic (exact) mass is 293 g/mol. The van der Waals surface area contributed by atoms with Gasteiger partial charge in [-0.15, -0.1) is 0 Å². The fourth-order valence-corrected chi connectivity index (χ4v) is 1.92. The Balaban J connectivity index is 2.09. The van der Waals surface area contributed by atoms with Crippen LogP contribution in [0.1, 0.15) is 51.7 Å². The Hall–Kier alpha value is -0.900. The second-order valence-electron chi connectivity index (χ2n) is 5.98. The van der Waals surface area contributed by atoms with Crippen molar-refractivity contribution >= 4 is 0 Å². The molecule has 21 heavy (non-hydrogen) atoms. The Morgan fingerprint density at radius 3 is 2.10 bits per heavy atom. The molecule has 0 bridgehead atoms. The minimum absolute atomic E-state index is 0.283. The van der Waals surface area contributed by atoms with E-state index in [1.165, 1.54) is 11.1 Å². The smallest absolute Gasteiger partial charge is 0.0720 e. The van der Waals surface area contributed by atoms with Crippen LogP contribution in [0.3, 0.4) is 0 Å². The molecule has 3 heteroatoms. The highest BCUT2D eigenvalue weighted by Crippen LogP contribution is 2.07. The van der Waals surface area contributed by atoms with E-state index in [4.69, 9.17) is 9.47 Å². The lowest BCUT2D eigenvalue weighted by Gasteiger charge is -2.09. The normalized spacial score (nSPS) is 11.5. The quantitative estimate of drug-likeness (QED) is 0.628. The van der Waals surface area contributed by atoms with Crippen LogP contribution in [0.4, 0.5) is 0 Å². The van der Waals surface area contributed by atoms with Crippen LogP contribution in [0.15, 0.2) is 24.3 Å². The van der Waals surface area contributed by atoms with Crippen molar-refractivity contribution in [2.75, 3.05) is 13.2 Å². The third-order valence-corrected chi connectivity index (χ3v) is 3.13. The van der Waals surface area contributed by atoms with Gasteiger partial charge in [0.15, 0.2) is 0 Å². The van der Waals surface area contributed by atoms with Crippen molar-refractivity contribution in [2.45, 2.75) is 65.9 Å². The van der Waals surface area contributed by atoms with Crippen LogP contribution in [-0.2, 0) is 22.6 Å². The number of unbranched alkanes of at least 4 members (excludes halogenated alkanes) is 1. The zero-order chi connectivity index (χ0) is 15.5. The van der Waals surface area contributed by atoms with Gasteiger partial charge < -0.3 is 14.8 Å². The first kappa shape index (κ1) is 18.1. The molecule has 1 N–H and O–H groups in total. The zero-order valence-electron chi connectivity index (χ0n) is 14.0. The summed E-state index contributed by atoms with van der Waals surface area (Å²) in [5.74, 6) is 0. The number of benzene rings is 1. The molecule has 3 nitrogen and oxygen atoms in total. The highest BCUT2D eigenvalue weighted by Gasteiger charge is 1.98. The minimum Gasteiger partial charge on any atom is -0.379 e. The highest BCUT2D eigenvalue weighted by molar-refractivity contribution is 5.21. The Morgan fingerprint density at radius 2 is 1.48 bits per heavy atom. The first-order valence-electron chi connectivity index (χ1n) is 8.09. The largest absolute Gasteiger partial charge is 0.379 e. The molecule has 120 valence electrons. The molecule has 0 saturated heterocycles. The summed E-state index contributed by atoms with van der Waals surface area (Å²) < 4.78 is 11.1. The van der Waals surface area contributed by atoms with Crippen LogP contribution < -0.4 is 5.32 Å². The summed E-state index contributed by atoms with van der Waals surface area (Å²) in [5, 5.41) is 3.47. The second kappa shape index (κ2) is 10.8. The van der Waals surface area contributed by atoms with Crippen molar-refractivity contribution < 1.29 is 9.47 Å². The van der Waals surface area contributed by atoms with Crippen molar-refractivity contribution in [1.82, 2.24) is 5.32 Å². The third-order valence-electron chi connectivity index (χ3n) is 3.13. The summed E-state index contributed by atoms with van der Waals surface area (Å²) >= 11 is 0. The first-order valence-corrected chi connectivity index (χ1v) is 8.09. The molecule has 0 aliphatic heterocycles. The first-order chi connectivity index (χ1) is 10.1. The molecular weight excluding hydrogens is 262 g/mol. The molecule has 0 amide bonds. The summed E-state index contributed by atoms with van der Waals surface area (Å²) in [5.41, 5.74) is 2.56. The van der Waals surface area contributed by atoms with Crippen LogP contribution >= 0.6 is 0 Å². The zero-order valence-corrected chi connectivity index (χ0v) is 14.0. The molecule has 0 radical (unpaired) electrons. The van der Waals surface area contributed by atoms with Crippen molar-refractivity contribution in [3.8, 4) is 0 Å². The van der Waals surface area contributed by atoms with Crippen LogP contribution in [0.2, 0.25) is 0 Å². The molecule has 1 aromatic rings. The van der Waals surface area contributed by atoms with Crippen LogP contribution in [0, 0.1) is 0 Å². The van der Waals surface area contributed by atoms with Gasteiger partial charge in [-0.05, 0) is 58.2 Å². The molecular formula is C18H31NO2. The van der Waals surface area contributed by atoms with Gasteiger partial charge in [0.1, 0.15) is 0 Å². The van der Waals surface area contributed by atoms with E-state index >= 15 is 0 Å². The van der Waals surface area contributed by atoms with E-state index in [1.54, 1.807) is 0 Å². The van der Waals surface area contributed by atoms with Crippen molar-refractivity contribution in [3.63, 3.8) is 0 Å². The van der Waals surface area contributed by atoms with E-state index in [1.807, 2.05) is 0 Å². The molecule has 0 aromatic heterocycles. The van der Waals surface area contributed by atoms with E-state index in [2.05, 4.69) is 57.3 Å². The number of hydrogen-bond acceptors (Lipinski definition) is 3. The van der Waals surface area contributed by atoms with Gasteiger partial charge in [-0.3, -0.25) is 0 Å². The Bertz CT molecular complexity index is 360. The summed E-state index contributed by atoms with van der Waals surface area (Å²) in [6.45, 7) is 11.8. The Labute approximate surface area is 130 Å². The predicted octanol–water partition coefficient (Wildman–Crippen LogP) is 3.91. The van der Waals surface area contributed by atoms with E-state index in [0.717, 1.165) is 32.5 Å². The molecule has 0 unspecified atom stereocenters. The lowest BCUT2D eigenvalue weighted by molar-refractivity contribution is 0.0657. The number of ether oxygens (including phenoxy) is 2. The molecule has 1 aromatic carbocycles. The van der Waals surface area contributed by atoms with Crippen molar-refractivity contribution in [1.29, 1.82) is 0 Å². The van der Waals surface area contributed by atoms with E-state index in [0.29, 0.717) is 12.7 Å². The fraction of sp³-hybridized carbons (Fsp3) is 0.667. The van der Waals surface area contributed by atoms with E-state index < -0.39 is 0 Å². The van der Waals surface area contributed by atoms with Gasteiger partial charge in [0, 0.05) is 13.2 Å². The van der Waals surface area contributed by atoms with Crippen molar-refractivity contribution in [3.05, 3.63) is 35.4 Å². The molecule has 0 aliphatic rings. The number of hydrogen-bond donors (Lipinski definition) is 1. The fourth-order valence-electron chi connectivity index (χ4n) is 1.92. The van der Waals surface area contributed by atoms with Gasteiger partial charge in [0.2, 0.25) is 0 Å². The molecule has 0 heterocycles. The third kappa shape index (κ3) is 9.62. The van der Waals surface area contributed by atoms with Gasteiger partial charge in [0.05, 0.1) is 18.8 Å². The van der Waals surface area contributed by atoms with E-state index in [9.17, 15) is 0 Å². The summed E-state index contributed by atoms with van der Waals surface area (Å²) in [4.78, 5) is 0. The lowest BCUT2D eigenvalue weighted by Crippen LogP contribution is -2.15. The topological polar surface area (TPSA) is 30.5 Å². The maximum atomic E-state index is 5.59. The van der Waals surface area contributed by atoms with E-state index in [-0.39, 0.29) is 6.10 Å². The standard InChI is InChI=1S/C18H31NO2/c1-15(2)20-12-6-5-11-19-13-17-7-9-18(10-8-17)14-21-16(3)4/h7-10,15-16,19H,5-6,11-14H2,1-4H3. The van der Waals surface area contributed by atoms with Gasteiger partial charge in [-0.25, -0.2) is 0 Å². The van der Waals surface area contributed by atoms with Gasteiger partial charge >= 0.3 is 0 Å². The molecule has 0 saturated carbocycles. The number of rotatable bonds is 11. The molecule has 0 fully saturated rings. The summed E-state index contributed by atoms with van der Waals surface area (Å²) in [7, 11) is 0. The SMILES string of the molecule is CC(C)OCCCCNCc1ccc(COC(C)C)cc1. The second-order valence-corrected chi connectivity index (χ2v) is 5.98. The Kier molecular flexibility index (Phi) is 9.31. The molecule has 0 aliphatic carbocycles. The van der Waals surface area contributed by atoms with Crippen LogP contribution in [0.5, 0.6) is 0 Å².